The summed E-state index contributed by atoms with van der Waals surface area (Å²) in [4.78, 5) is 2.44. The van der Waals surface area contributed by atoms with Crippen molar-refractivity contribution in [3.63, 3.8) is 0 Å². The van der Waals surface area contributed by atoms with Gasteiger partial charge in [-0.25, -0.2) is 0 Å². The minimum atomic E-state index is -0.388. The van der Waals surface area contributed by atoms with Crippen molar-refractivity contribution in [1.82, 2.24) is 10.2 Å². The van der Waals surface area contributed by atoms with Crippen LogP contribution >= 0.6 is 0 Å². The maximum Gasteiger partial charge on any atom is 0.105 e. The minimum absolute atomic E-state index is 0.358. The molecule has 0 aliphatic heterocycles. The van der Waals surface area contributed by atoms with E-state index in [1.165, 1.54) is 25.7 Å². The quantitative estimate of drug-likeness (QED) is 0.771. The van der Waals surface area contributed by atoms with E-state index in [0.29, 0.717) is 6.04 Å². The zero-order valence-corrected chi connectivity index (χ0v) is 11.8. The van der Waals surface area contributed by atoms with Crippen molar-refractivity contribution in [3.05, 3.63) is 0 Å². The van der Waals surface area contributed by atoms with Crippen molar-refractivity contribution in [1.29, 1.82) is 5.26 Å². The van der Waals surface area contributed by atoms with Crippen LogP contribution in [0, 0.1) is 11.3 Å². The van der Waals surface area contributed by atoms with Gasteiger partial charge in [0.15, 0.2) is 0 Å². The van der Waals surface area contributed by atoms with Crippen molar-refractivity contribution in [3.8, 4) is 6.07 Å². The Hall–Kier alpha value is -0.590. The lowest BCUT2D eigenvalue weighted by Gasteiger charge is -2.30. The Labute approximate surface area is 106 Å². The van der Waals surface area contributed by atoms with Crippen LogP contribution in [0.3, 0.4) is 0 Å². The molecule has 1 aliphatic rings. The molecule has 3 heteroatoms. The van der Waals surface area contributed by atoms with E-state index >= 15 is 0 Å². The van der Waals surface area contributed by atoms with Crippen LogP contribution in [0.25, 0.3) is 0 Å². The first-order valence-electron chi connectivity index (χ1n) is 6.86. The second-order valence-electron chi connectivity index (χ2n) is 5.91. The zero-order chi connectivity index (χ0) is 12.9. The molecule has 1 fully saturated rings. The highest BCUT2D eigenvalue weighted by Gasteiger charge is 2.26. The van der Waals surface area contributed by atoms with E-state index in [-0.39, 0.29) is 5.54 Å². The minimum Gasteiger partial charge on any atom is -0.303 e. The summed E-state index contributed by atoms with van der Waals surface area (Å²) in [6, 6.07) is 3.52. The average Bonchev–Trinajstić information content (AvgIpc) is 2.78. The largest absolute Gasteiger partial charge is 0.303 e. The molecule has 3 nitrogen and oxygen atoms in total. The van der Waals surface area contributed by atoms with Gasteiger partial charge in [0.2, 0.25) is 0 Å². The van der Waals surface area contributed by atoms with E-state index < -0.39 is 0 Å². The van der Waals surface area contributed by atoms with Gasteiger partial charge in [0, 0.05) is 18.6 Å². The molecule has 0 aromatic heterocycles. The third-order valence-electron chi connectivity index (χ3n) is 3.77. The summed E-state index contributed by atoms with van der Waals surface area (Å²) in [5.74, 6) is 0. The molecule has 17 heavy (non-hydrogen) atoms. The summed E-state index contributed by atoms with van der Waals surface area (Å²) in [6.07, 6.45) is 6.30. The third kappa shape index (κ3) is 4.65. The lowest BCUT2D eigenvalue weighted by molar-refractivity contribution is 0.219. The van der Waals surface area contributed by atoms with Crippen molar-refractivity contribution in [2.45, 2.75) is 70.5 Å². The molecule has 0 heterocycles. The lowest BCUT2D eigenvalue weighted by Crippen LogP contribution is -2.47. The molecular weight excluding hydrogens is 210 g/mol. The van der Waals surface area contributed by atoms with Gasteiger partial charge in [0.05, 0.1) is 6.07 Å². The van der Waals surface area contributed by atoms with Gasteiger partial charge < -0.3 is 4.90 Å². The molecule has 1 aliphatic carbocycles. The molecular formula is C14H27N3. The summed E-state index contributed by atoms with van der Waals surface area (Å²) in [5, 5.41) is 12.6. The van der Waals surface area contributed by atoms with Crippen LogP contribution in [0.5, 0.6) is 0 Å². The van der Waals surface area contributed by atoms with Crippen LogP contribution < -0.4 is 5.32 Å². The van der Waals surface area contributed by atoms with E-state index in [1.54, 1.807) is 0 Å². The van der Waals surface area contributed by atoms with Gasteiger partial charge in [-0.05, 0) is 47.1 Å². The summed E-state index contributed by atoms with van der Waals surface area (Å²) >= 11 is 0. The Morgan fingerprint density at radius 1 is 1.41 bits per heavy atom. The van der Waals surface area contributed by atoms with Crippen LogP contribution in [0.15, 0.2) is 0 Å². The standard InChI is InChI=1S/C14H27N3/c1-12(2)16-14(3,11-15)9-10-17(4)13-7-5-6-8-13/h12-13,16H,5-10H2,1-4H3. The molecule has 0 amide bonds. The Bertz CT molecular complexity index is 263. The Morgan fingerprint density at radius 3 is 2.47 bits per heavy atom. The first-order valence-corrected chi connectivity index (χ1v) is 6.86. The Kier molecular flexibility index (Phi) is 5.42. The SMILES string of the molecule is CC(C)NC(C)(C#N)CCN(C)C1CCCC1. The fourth-order valence-electron chi connectivity index (χ4n) is 2.73. The van der Waals surface area contributed by atoms with Gasteiger partial charge in [0.25, 0.3) is 0 Å². The number of hydrogen-bond acceptors (Lipinski definition) is 3. The molecule has 1 N–H and O–H groups in total. The smallest absolute Gasteiger partial charge is 0.105 e. The molecule has 0 aromatic rings. The number of nitrogens with zero attached hydrogens (tertiary/aromatic N) is 2. The third-order valence-corrected chi connectivity index (χ3v) is 3.77. The fraction of sp³-hybridized carbons (Fsp3) is 0.929. The van der Waals surface area contributed by atoms with Crippen molar-refractivity contribution < 1.29 is 0 Å². The predicted octanol–water partition coefficient (Wildman–Crippen LogP) is 2.53. The number of hydrogen-bond donors (Lipinski definition) is 1. The van der Waals surface area contributed by atoms with Gasteiger partial charge in [-0.2, -0.15) is 5.26 Å². The summed E-state index contributed by atoms with van der Waals surface area (Å²) in [6.45, 7) is 7.20. The van der Waals surface area contributed by atoms with E-state index in [0.717, 1.165) is 19.0 Å². The normalized spacial score (nSPS) is 20.8. The lowest BCUT2D eigenvalue weighted by atomic mass is 9.98. The first-order chi connectivity index (χ1) is 7.97. The highest BCUT2D eigenvalue weighted by atomic mass is 15.1. The maximum absolute atomic E-state index is 9.28. The van der Waals surface area contributed by atoms with Crippen LogP contribution in [-0.2, 0) is 0 Å². The molecule has 0 saturated heterocycles. The van der Waals surface area contributed by atoms with Crippen molar-refractivity contribution in [2.24, 2.45) is 0 Å². The second kappa shape index (κ2) is 6.37. The van der Waals surface area contributed by atoms with Crippen molar-refractivity contribution in [2.75, 3.05) is 13.6 Å². The van der Waals surface area contributed by atoms with Gasteiger partial charge in [0.1, 0.15) is 5.54 Å². The molecule has 0 bridgehead atoms. The molecule has 1 unspecified atom stereocenters. The van der Waals surface area contributed by atoms with E-state index in [9.17, 15) is 5.26 Å². The first kappa shape index (κ1) is 14.5. The summed E-state index contributed by atoms with van der Waals surface area (Å²) in [7, 11) is 2.20. The molecule has 98 valence electrons. The van der Waals surface area contributed by atoms with E-state index in [2.05, 4.69) is 37.2 Å². The second-order valence-corrected chi connectivity index (χ2v) is 5.91. The highest BCUT2D eigenvalue weighted by molar-refractivity contribution is 5.04. The summed E-state index contributed by atoms with van der Waals surface area (Å²) < 4.78 is 0. The predicted molar refractivity (Wildman–Crippen MR) is 71.8 cm³/mol. The number of nitrogens with one attached hydrogen (secondary N) is 1. The zero-order valence-electron chi connectivity index (χ0n) is 11.8. The molecule has 0 spiro atoms. The highest BCUT2D eigenvalue weighted by Crippen LogP contribution is 2.23. The average molecular weight is 237 g/mol. The van der Waals surface area contributed by atoms with Gasteiger partial charge >= 0.3 is 0 Å². The number of nitriles is 1. The Balaban J connectivity index is 2.38. The van der Waals surface area contributed by atoms with E-state index in [1.807, 2.05) is 6.92 Å². The van der Waals surface area contributed by atoms with Crippen LogP contribution in [0.4, 0.5) is 0 Å². The van der Waals surface area contributed by atoms with Crippen molar-refractivity contribution >= 4 is 0 Å². The van der Waals surface area contributed by atoms with Crippen LogP contribution in [-0.4, -0.2) is 36.1 Å². The fourth-order valence-corrected chi connectivity index (χ4v) is 2.73. The van der Waals surface area contributed by atoms with Crippen LogP contribution in [0.2, 0.25) is 0 Å². The molecule has 0 radical (unpaired) electrons. The van der Waals surface area contributed by atoms with E-state index in [4.69, 9.17) is 0 Å². The van der Waals surface area contributed by atoms with Crippen LogP contribution in [0.1, 0.15) is 52.9 Å². The maximum atomic E-state index is 9.28. The molecule has 1 rings (SSSR count). The molecule has 0 aromatic carbocycles. The van der Waals surface area contributed by atoms with Gasteiger partial charge in [-0.1, -0.05) is 12.8 Å². The molecule has 1 atom stereocenters. The van der Waals surface area contributed by atoms with Gasteiger partial charge in [-0.15, -0.1) is 0 Å². The topological polar surface area (TPSA) is 39.1 Å². The summed E-state index contributed by atoms with van der Waals surface area (Å²) in [5.41, 5.74) is -0.388. The molecule has 1 saturated carbocycles. The number of rotatable bonds is 6. The van der Waals surface area contributed by atoms with Gasteiger partial charge in [-0.3, -0.25) is 5.32 Å². The Morgan fingerprint density at radius 2 is 2.00 bits per heavy atom. The monoisotopic (exact) mass is 237 g/mol.